The van der Waals surface area contributed by atoms with Crippen molar-refractivity contribution in [1.29, 1.82) is 0 Å². The minimum absolute atomic E-state index is 0.0485. The first-order valence-electron chi connectivity index (χ1n) is 8.41. The van der Waals surface area contributed by atoms with Crippen LogP contribution < -0.4 is 5.32 Å². The first-order chi connectivity index (χ1) is 12.7. The maximum Gasteiger partial charge on any atom is 0.321 e. The van der Waals surface area contributed by atoms with Gasteiger partial charge in [0.1, 0.15) is 5.69 Å². The maximum atomic E-state index is 12.5. The Bertz CT molecular complexity index is 911. The number of hydrogen-bond donors (Lipinski definition) is 1. The molecule has 1 atom stereocenters. The molecule has 0 bridgehead atoms. The lowest BCUT2D eigenvalue weighted by Crippen LogP contribution is -2.32. The van der Waals surface area contributed by atoms with Gasteiger partial charge >= 0.3 is 6.03 Å². The van der Waals surface area contributed by atoms with Gasteiger partial charge in [-0.15, -0.1) is 0 Å². The molecule has 3 heterocycles. The number of anilines is 1. The van der Waals surface area contributed by atoms with Crippen LogP contribution in [-0.4, -0.2) is 44.1 Å². The molecule has 8 heteroatoms. The normalized spacial score (nSPS) is 16.7. The van der Waals surface area contributed by atoms with Crippen LogP contribution in [0, 0.1) is 6.92 Å². The zero-order valence-corrected chi connectivity index (χ0v) is 14.3. The van der Waals surface area contributed by atoms with Crippen molar-refractivity contribution in [3.63, 3.8) is 0 Å². The van der Waals surface area contributed by atoms with Crippen molar-refractivity contribution >= 4 is 11.7 Å². The Kier molecular flexibility index (Phi) is 4.30. The minimum Gasteiger partial charge on any atom is -0.332 e. The van der Waals surface area contributed by atoms with E-state index in [4.69, 9.17) is 4.52 Å². The number of aryl methyl sites for hydroxylation is 1. The summed E-state index contributed by atoms with van der Waals surface area (Å²) < 4.78 is 5.28. The Morgan fingerprint density at radius 3 is 3.08 bits per heavy atom. The van der Waals surface area contributed by atoms with Crippen molar-refractivity contribution in [2.75, 3.05) is 18.4 Å². The molecule has 132 valence electrons. The van der Waals surface area contributed by atoms with Crippen LogP contribution in [0.1, 0.15) is 23.7 Å². The second kappa shape index (κ2) is 6.91. The van der Waals surface area contributed by atoms with Crippen molar-refractivity contribution in [3.8, 4) is 11.6 Å². The average Bonchev–Trinajstić information content (AvgIpc) is 3.32. The average molecular weight is 350 g/mol. The molecule has 0 radical (unpaired) electrons. The second-order valence-corrected chi connectivity index (χ2v) is 6.28. The maximum absolute atomic E-state index is 12.5. The predicted octanol–water partition coefficient (Wildman–Crippen LogP) is 2.86. The van der Waals surface area contributed by atoms with Crippen LogP contribution in [0.3, 0.4) is 0 Å². The van der Waals surface area contributed by atoms with E-state index in [0.717, 1.165) is 17.7 Å². The van der Waals surface area contributed by atoms with Gasteiger partial charge in [-0.1, -0.05) is 17.3 Å². The summed E-state index contributed by atoms with van der Waals surface area (Å²) in [6, 6.07) is 7.62. The van der Waals surface area contributed by atoms with Gasteiger partial charge in [-0.2, -0.15) is 4.98 Å². The van der Waals surface area contributed by atoms with Crippen molar-refractivity contribution in [1.82, 2.24) is 25.0 Å². The molecule has 4 rings (SSSR count). The molecular weight excluding hydrogens is 332 g/mol. The highest BCUT2D eigenvalue weighted by Gasteiger charge is 2.31. The molecule has 0 aliphatic carbocycles. The Morgan fingerprint density at radius 1 is 1.35 bits per heavy atom. The topological polar surface area (TPSA) is 97.0 Å². The third kappa shape index (κ3) is 3.39. The smallest absolute Gasteiger partial charge is 0.321 e. The highest BCUT2D eigenvalue weighted by atomic mass is 16.5. The summed E-state index contributed by atoms with van der Waals surface area (Å²) in [5.41, 5.74) is 2.44. The minimum atomic E-state index is -0.115. The number of rotatable bonds is 3. The van der Waals surface area contributed by atoms with E-state index in [2.05, 4.69) is 25.4 Å². The number of carbonyl (C=O) groups excluding carboxylic acids is 1. The van der Waals surface area contributed by atoms with Crippen LogP contribution >= 0.6 is 0 Å². The number of amides is 2. The number of carbonyl (C=O) groups is 1. The molecule has 0 saturated carbocycles. The predicted molar refractivity (Wildman–Crippen MR) is 94.5 cm³/mol. The van der Waals surface area contributed by atoms with Gasteiger partial charge in [-0.25, -0.2) is 9.78 Å². The van der Waals surface area contributed by atoms with Gasteiger partial charge in [-0.3, -0.25) is 4.98 Å². The fourth-order valence-corrected chi connectivity index (χ4v) is 3.00. The highest BCUT2D eigenvalue weighted by molar-refractivity contribution is 5.89. The molecule has 2 aromatic heterocycles. The van der Waals surface area contributed by atoms with Gasteiger partial charge in [0.2, 0.25) is 0 Å². The Hall–Kier alpha value is -3.29. The fraction of sp³-hybridized carbons (Fsp3) is 0.278. The first-order valence-corrected chi connectivity index (χ1v) is 8.41. The molecule has 2 amide bonds. The number of likely N-dealkylation sites (tertiary alicyclic amines) is 1. The van der Waals surface area contributed by atoms with Gasteiger partial charge in [0.15, 0.2) is 5.82 Å². The summed E-state index contributed by atoms with van der Waals surface area (Å²) in [6.45, 7) is 3.20. The summed E-state index contributed by atoms with van der Waals surface area (Å²) >= 11 is 0. The van der Waals surface area contributed by atoms with Gasteiger partial charge in [0, 0.05) is 37.1 Å². The number of aromatic nitrogens is 4. The van der Waals surface area contributed by atoms with E-state index >= 15 is 0 Å². The summed E-state index contributed by atoms with van der Waals surface area (Å²) in [7, 11) is 0. The molecule has 1 unspecified atom stereocenters. The van der Waals surface area contributed by atoms with Crippen molar-refractivity contribution in [2.45, 2.75) is 19.3 Å². The Labute approximate surface area is 150 Å². The number of nitrogens with zero attached hydrogens (tertiary/aromatic N) is 5. The molecule has 1 fully saturated rings. The van der Waals surface area contributed by atoms with Crippen LogP contribution in [0.5, 0.6) is 0 Å². The van der Waals surface area contributed by atoms with Crippen LogP contribution in [-0.2, 0) is 0 Å². The summed E-state index contributed by atoms with van der Waals surface area (Å²) in [4.78, 5) is 26.8. The van der Waals surface area contributed by atoms with Crippen molar-refractivity contribution < 1.29 is 9.32 Å². The third-order valence-corrected chi connectivity index (χ3v) is 4.33. The SMILES string of the molecule is Cc1cccc(NC(=O)N2CCC(c3noc(-c4cnccn4)n3)C2)c1. The van der Waals surface area contributed by atoms with Crippen LogP contribution in [0.2, 0.25) is 0 Å². The van der Waals surface area contributed by atoms with Crippen molar-refractivity contribution in [2.24, 2.45) is 0 Å². The quantitative estimate of drug-likeness (QED) is 0.780. The monoisotopic (exact) mass is 350 g/mol. The molecule has 3 aromatic rings. The van der Waals surface area contributed by atoms with Gasteiger partial charge in [0.05, 0.1) is 6.20 Å². The summed E-state index contributed by atoms with van der Waals surface area (Å²) in [5, 5.41) is 6.98. The first kappa shape index (κ1) is 16.2. The van der Waals surface area contributed by atoms with Crippen LogP contribution in [0.25, 0.3) is 11.6 Å². The van der Waals surface area contributed by atoms with Gasteiger partial charge in [0.25, 0.3) is 5.89 Å². The molecule has 1 aromatic carbocycles. The second-order valence-electron chi connectivity index (χ2n) is 6.28. The Morgan fingerprint density at radius 2 is 2.27 bits per heavy atom. The molecule has 8 nitrogen and oxygen atoms in total. The third-order valence-electron chi connectivity index (χ3n) is 4.33. The zero-order chi connectivity index (χ0) is 17.9. The summed E-state index contributed by atoms with van der Waals surface area (Å²) in [6.07, 6.45) is 5.53. The number of urea groups is 1. The van der Waals surface area contributed by atoms with E-state index in [0.29, 0.717) is 30.5 Å². The standard InChI is InChI=1S/C18H18N6O2/c1-12-3-2-4-14(9-12)21-18(25)24-8-5-13(11-24)16-22-17(26-23-16)15-10-19-6-7-20-15/h2-4,6-7,9-10,13H,5,8,11H2,1H3,(H,21,25). The van der Waals surface area contributed by atoms with Gasteiger partial charge < -0.3 is 14.7 Å². The van der Waals surface area contributed by atoms with E-state index in [1.165, 1.54) is 0 Å². The molecule has 1 saturated heterocycles. The molecule has 1 N–H and O–H groups in total. The van der Waals surface area contributed by atoms with E-state index in [-0.39, 0.29) is 11.9 Å². The fourth-order valence-electron chi connectivity index (χ4n) is 3.00. The van der Waals surface area contributed by atoms with Gasteiger partial charge in [-0.05, 0) is 31.0 Å². The molecule has 26 heavy (non-hydrogen) atoms. The van der Waals surface area contributed by atoms with Crippen LogP contribution in [0.4, 0.5) is 10.5 Å². The van der Waals surface area contributed by atoms with Crippen LogP contribution in [0.15, 0.2) is 47.4 Å². The zero-order valence-electron chi connectivity index (χ0n) is 14.3. The lowest BCUT2D eigenvalue weighted by Gasteiger charge is -2.17. The molecule has 1 aliphatic rings. The molecule has 0 spiro atoms. The summed E-state index contributed by atoms with van der Waals surface area (Å²) in [5.74, 6) is 0.986. The molecular formula is C18H18N6O2. The van der Waals surface area contributed by atoms with E-state index in [9.17, 15) is 4.79 Å². The molecule has 1 aliphatic heterocycles. The largest absolute Gasteiger partial charge is 0.332 e. The number of hydrogen-bond acceptors (Lipinski definition) is 6. The van der Waals surface area contributed by atoms with E-state index in [1.807, 2.05) is 31.2 Å². The lowest BCUT2D eigenvalue weighted by atomic mass is 10.1. The Balaban J connectivity index is 1.41. The van der Waals surface area contributed by atoms with E-state index < -0.39 is 0 Å². The lowest BCUT2D eigenvalue weighted by molar-refractivity contribution is 0.222. The van der Waals surface area contributed by atoms with Crippen molar-refractivity contribution in [3.05, 3.63) is 54.2 Å². The van der Waals surface area contributed by atoms with E-state index in [1.54, 1.807) is 23.5 Å². The number of benzene rings is 1. The highest BCUT2D eigenvalue weighted by Crippen LogP contribution is 2.27. The number of nitrogens with one attached hydrogen (secondary N) is 1.